The third kappa shape index (κ3) is 4.25. The van der Waals surface area contributed by atoms with Crippen molar-refractivity contribution in [3.63, 3.8) is 0 Å². The molecule has 2 heterocycles. The summed E-state index contributed by atoms with van der Waals surface area (Å²) in [6.45, 7) is 7.82. The molecule has 0 aromatic heterocycles. The van der Waals surface area contributed by atoms with E-state index in [1.165, 1.54) is 16.4 Å². The first-order valence-electron chi connectivity index (χ1n) is 9.37. The van der Waals surface area contributed by atoms with Crippen LogP contribution < -0.4 is 4.90 Å². The van der Waals surface area contributed by atoms with E-state index in [1.807, 2.05) is 18.7 Å². The molecule has 0 N–H and O–H groups in total. The van der Waals surface area contributed by atoms with Crippen molar-refractivity contribution in [3.8, 4) is 0 Å². The van der Waals surface area contributed by atoms with Gasteiger partial charge in [-0.25, -0.2) is 8.42 Å². The molecule has 2 fully saturated rings. The fourth-order valence-electron chi connectivity index (χ4n) is 3.80. The molecule has 9 heteroatoms. The van der Waals surface area contributed by atoms with Gasteiger partial charge in [0.2, 0.25) is 10.0 Å². The number of anilines is 1. The van der Waals surface area contributed by atoms with E-state index < -0.39 is 14.9 Å². The van der Waals surface area contributed by atoms with Gasteiger partial charge in [0, 0.05) is 38.3 Å². The Bertz CT molecular complexity index is 795. The highest BCUT2D eigenvalue weighted by Gasteiger charge is 2.35. The normalized spacial score (nSPS) is 25.5. The molecule has 2 saturated heterocycles. The van der Waals surface area contributed by atoms with Crippen LogP contribution in [-0.4, -0.2) is 56.0 Å². The van der Waals surface area contributed by atoms with Crippen LogP contribution in [0.1, 0.15) is 33.6 Å². The zero-order chi connectivity index (χ0) is 19.8. The van der Waals surface area contributed by atoms with E-state index in [4.69, 9.17) is 4.74 Å². The first-order valence-corrected chi connectivity index (χ1v) is 10.8. The minimum absolute atomic E-state index is 0.0209. The van der Waals surface area contributed by atoms with Crippen LogP contribution in [0.3, 0.4) is 0 Å². The average Bonchev–Trinajstić information content (AvgIpc) is 2.61. The van der Waals surface area contributed by atoms with Crippen LogP contribution in [0.5, 0.6) is 0 Å². The third-order valence-corrected chi connectivity index (χ3v) is 7.14. The number of ether oxygens (including phenoxy) is 1. The quantitative estimate of drug-likeness (QED) is 0.573. The lowest BCUT2D eigenvalue weighted by Crippen LogP contribution is -2.48. The molecule has 0 radical (unpaired) electrons. The van der Waals surface area contributed by atoms with Crippen molar-refractivity contribution < 1.29 is 18.1 Å². The standard InChI is InChI=1S/C18H27N3O5S/c1-13-6-8-19(9-7-13)17-5-4-16(21(22)23)10-18(17)27(24,25)20-11-14(2)26-15(3)12-20/h4-5,10,13-15H,6-9,11-12H2,1-3H3/t14-,15+. The van der Waals surface area contributed by atoms with Gasteiger partial charge in [0.25, 0.3) is 5.69 Å². The Morgan fingerprint density at radius 1 is 1.11 bits per heavy atom. The van der Waals surface area contributed by atoms with Crippen LogP contribution >= 0.6 is 0 Å². The molecule has 150 valence electrons. The van der Waals surface area contributed by atoms with E-state index in [1.54, 1.807) is 6.07 Å². The van der Waals surface area contributed by atoms with Gasteiger partial charge in [-0.3, -0.25) is 10.1 Å². The monoisotopic (exact) mass is 397 g/mol. The molecular formula is C18H27N3O5S. The van der Waals surface area contributed by atoms with E-state index >= 15 is 0 Å². The van der Waals surface area contributed by atoms with E-state index in [-0.39, 0.29) is 35.9 Å². The molecule has 0 bridgehead atoms. The Kier molecular flexibility index (Phi) is 5.73. The number of non-ortho nitro benzene ring substituents is 1. The molecular weight excluding hydrogens is 370 g/mol. The molecule has 0 saturated carbocycles. The Morgan fingerprint density at radius 3 is 2.26 bits per heavy atom. The van der Waals surface area contributed by atoms with Gasteiger partial charge in [0.1, 0.15) is 4.90 Å². The van der Waals surface area contributed by atoms with Crippen molar-refractivity contribution in [1.82, 2.24) is 4.31 Å². The van der Waals surface area contributed by atoms with Gasteiger partial charge >= 0.3 is 0 Å². The van der Waals surface area contributed by atoms with Gasteiger partial charge in [0.15, 0.2) is 0 Å². The molecule has 3 rings (SSSR count). The van der Waals surface area contributed by atoms with Crippen molar-refractivity contribution in [2.75, 3.05) is 31.1 Å². The Hall–Kier alpha value is -1.71. The van der Waals surface area contributed by atoms with Crippen LogP contribution in [-0.2, 0) is 14.8 Å². The lowest BCUT2D eigenvalue weighted by Gasteiger charge is -2.36. The fourth-order valence-corrected chi connectivity index (χ4v) is 5.62. The summed E-state index contributed by atoms with van der Waals surface area (Å²) in [7, 11) is -3.87. The maximum absolute atomic E-state index is 13.4. The summed E-state index contributed by atoms with van der Waals surface area (Å²) >= 11 is 0. The van der Waals surface area contributed by atoms with Gasteiger partial charge in [0.05, 0.1) is 22.8 Å². The molecule has 2 aliphatic rings. The van der Waals surface area contributed by atoms with Gasteiger partial charge in [-0.1, -0.05) is 6.92 Å². The summed E-state index contributed by atoms with van der Waals surface area (Å²) < 4.78 is 33.8. The van der Waals surface area contributed by atoms with Crippen LogP contribution in [0.15, 0.2) is 23.1 Å². The van der Waals surface area contributed by atoms with Gasteiger partial charge in [-0.05, 0) is 38.7 Å². The third-order valence-electron chi connectivity index (χ3n) is 5.28. The number of sulfonamides is 1. The van der Waals surface area contributed by atoms with Crippen LogP contribution in [0.4, 0.5) is 11.4 Å². The summed E-state index contributed by atoms with van der Waals surface area (Å²) in [5, 5.41) is 11.3. The number of piperidine rings is 1. The van der Waals surface area contributed by atoms with Crippen molar-refractivity contribution in [3.05, 3.63) is 28.3 Å². The maximum Gasteiger partial charge on any atom is 0.270 e. The molecule has 0 spiro atoms. The number of hydrogen-bond acceptors (Lipinski definition) is 6. The Morgan fingerprint density at radius 2 is 1.70 bits per heavy atom. The molecule has 1 aromatic carbocycles. The average molecular weight is 397 g/mol. The molecule has 1 aromatic rings. The molecule has 2 aliphatic heterocycles. The van der Waals surface area contributed by atoms with Crippen molar-refractivity contribution in [2.45, 2.75) is 50.7 Å². The predicted molar refractivity (Wildman–Crippen MR) is 102 cm³/mol. The van der Waals surface area contributed by atoms with Crippen molar-refractivity contribution in [1.29, 1.82) is 0 Å². The molecule has 0 aliphatic carbocycles. The minimum Gasteiger partial charge on any atom is -0.373 e. The summed E-state index contributed by atoms with van der Waals surface area (Å²) in [5.41, 5.74) is 0.344. The molecule has 2 atom stereocenters. The molecule has 0 amide bonds. The number of morpholine rings is 1. The lowest BCUT2D eigenvalue weighted by atomic mass is 9.99. The number of nitro benzene ring substituents is 1. The number of benzene rings is 1. The van der Waals surface area contributed by atoms with E-state index in [9.17, 15) is 18.5 Å². The second kappa shape index (κ2) is 7.73. The highest BCUT2D eigenvalue weighted by molar-refractivity contribution is 7.89. The smallest absolute Gasteiger partial charge is 0.270 e. The molecule has 8 nitrogen and oxygen atoms in total. The summed E-state index contributed by atoms with van der Waals surface area (Å²) in [6, 6.07) is 4.17. The number of hydrogen-bond donors (Lipinski definition) is 0. The zero-order valence-electron chi connectivity index (χ0n) is 16.0. The van der Waals surface area contributed by atoms with Gasteiger partial charge in [-0.15, -0.1) is 0 Å². The number of nitrogens with zero attached hydrogens (tertiary/aromatic N) is 3. The SMILES string of the molecule is CC1CCN(c2ccc([N+](=O)[O-])cc2S(=O)(=O)N2C[C@@H](C)O[C@@H](C)C2)CC1. The van der Waals surface area contributed by atoms with Crippen LogP contribution in [0, 0.1) is 16.0 Å². The molecule has 27 heavy (non-hydrogen) atoms. The lowest BCUT2D eigenvalue weighted by molar-refractivity contribution is -0.385. The second-order valence-corrected chi connectivity index (χ2v) is 9.56. The second-order valence-electron chi connectivity index (χ2n) is 7.66. The first-order chi connectivity index (χ1) is 12.7. The number of nitro groups is 1. The van der Waals surface area contributed by atoms with Gasteiger partial charge < -0.3 is 9.64 Å². The maximum atomic E-state index is 13.4. The van der Waals surface area contributed by atoms with E-state index in [0.29, 0.717) is 11.6 Å². The van der Waals surface area contributed by atoms with E-state index in [2.05, 4.69) is 6.92 Å². The molecule has 0 unspecified atom stereocenters. The summed E-state index contributed by atoms with van der Waals surface area (Å²) in [5.74, 6) is 0.597. The van der Waals surface area contributed by atoms with Crippen molar-refractivity contribution >= 4 is 21.4 Å². The highest BCUT2D eigenvalue weighted by Crippen LogP contribution is 2.34. The fraction of sp³-hybridized carbons (Fsp3) is 0.667. The van der Waals surface area contributed by atoms with Crippen LogP contribution in [0.25, 0.3) is 0 Å². The Balaban J connectivity index is 2.03. The van der Waals surface area contributed by atoms with E-state index in [0.717, 1.165) is 25.9 Å². The predicted octanol–water partition coefficient (Wildman–Crippen LogP) is 2.63. The number of rotatable bonds is 4. The summed E-state index contributed by atoms with van der Waals surface area (Å²) in [6.07, 6.45) is 1.51. The van der Waals surface area contributed by atoms with Gasteiger partial charge in [-0.2, -0.15) is 4.31 Å². The first kappa shape index (κ1) is 20.0. The largest absolute Gasteiger partial charge is 0.373 e. The minimum atomic E-state index is -3.87. The summed E-state index contributed by atoms with van der Waals surface area (Å²) in [4.78, 5) is 12.8. The topological polar surface area (TPSA) is 93.0 Å². The van der Waals surface area contributed by atoms with Crippen LogP contribution in [0.2, 0.25) is 0 Å². The van der Waals surface area contributed by atoms with Crippen molar-refractivity contribution in [2.24, 2.45) is 5.92 Å². The zero-order valence-corrected chi connectivity index (χ0v) is 16.8. The highest BCUT2D eigenvalue weighted by atomic mass is 32.2. The Labute approximate surface area is 160 Å².